The molecule has 1 aromatic carbocycles. The molecule has 0 unspecified atom stereocenters. The second-order valence-corrected chi connectivity index (χ2v) is 5.15. The number of aryl methyl sites for hydroxylation is 1. The predicted octanol–water partition coefficient (Wildman–Crippen LogP) is 4.66. The molecule has 0 aliphatic carbocycles. The highest BCUT2D eigenvalue weighted by molar-refractivity contribution is 9.10. The van der Waals surface area contributed by atoms with E-state index in [4.69, 9.17) is 0 Å². The van der Waals surface area contributed by atoms with Crippen molar-refractivity contribution in [2.75, 3.05) is 5.32 Å². The van der Waals surface area contributed by atoms with E-state index in [-0.39, 0.29) is 0 Å². The zero-order valence-corrected chi connectivity index (χ0v) is 11.8. The quantitative estimate of drug-likeness (QED) is 0.859. The van der Waals surface area contributed by atoms with Crippen LogP contribution in [0.4, 0.5) is 11.4 Å². The van der Waals surface area contributed by atoms with Crippen molar-refractivity contribution < 1.29 is 0 Å². The van der Waals surface area contributed by atoms with E-state index in [2.05, 4.69) is 61.2 Å². The fraction of sp³-hybridized carbons (Fsp3) is 0.0833. The van der Waals surface area contributed by atoms with E-state index in [1.54, 1.807) is 12.4 Å². The molecule has 1 N–H and O–H groups in total. The molecule has 0 aliphatic rings. The van der Waals surface area contributed by atoms with E-state index < -0.39 is 0 Å². The summed E-state index contributed by atoms with van der Waals surface area (Å²) in [6, 6.07) is 8.11. The SMILES string of the molecule is Cc1ccc(Nc2ccncc2Br)cc1Br. The van der Waals surface area contributed by atoms with Gasteiger partial charge in [-0.05, 0) is 46.6 Å². The van der Waals surface area contributed by atoms with Crippen LogP contribution in [0.15, 0.2) is 45.6 Å². The lowest BCUT2D eigenvalue weighted by Crippen LogP contribution is -1.92. The highest BCUT2D eigenvalue weighted by Gasteiger charge is 2.01. The number of pyridine rings is 1. The first kappa shape index (κ1) is 11.6. The number of halogens is 2. The van der Waals surface area contributed by atoms with Gasteiger partial charge in [-0.15, -0.1) is 0 Å². The van der Waals surface area contributed by atoms with E-state index >= 15 is 0 Å². The standard InChI is InChI=1S/C12H10Br2N2/c1-8-2-3-9(6-10(8)13)16-12-4-5-15-7-11(12)14/h2-7H,1H3,(H,15,16). The number of aromatic nitrogens is 1. The number of anilines is 2. The van der Waals surface area contributed by atoms with Gasteiger partial charge in [-0.1, -0.05) is 22.0 Å². The third-order valence-corrected chi connectivity index (χ3v) is 3.71. The first-order valence-electron chi connectivity index (χ1n) is 4.79. The molecule has 0 bridgehead atoms. The van der Waals surface area contributed by atoms with Crippen LogP contribution in [0.1, 0.15) is 5.56 Å². The third kappa shape index (κ3) is 2.62. The van der Waals surface area contributed by atoms with Crippen LogP contribution in [0.2, 0.25) is 0 Å². The molecular weight excluding hydrogens is 332 g/mol. The third-order valence-electron chi connectivity index (χ3n) is 2.22. The molecule has 2 aromatic rings. The van der Waals surface area contributed by atoms with Crippen molar-refractivity contribution in [2.24, 2.45) is 0 Å². The smallest absolute Gasteiger partial charge is 0.0593 e. The van der Waals surface area contributed by atoms with Crippen LogP contribution < -0.4 is 5.32 Å². The summed E-state index contributed by atoms with van der Waals surface area (Å²) < 4.78 is 2.05. The first-order chi connectivity index (χ1) is 7.66. The molecule has 0 saturated carbocycles. The lowest BCUT2D eigenvalue weighted by Gasteiger charge is -2.09. The van der Waals surface area contributed by atoms with E-state index in [1.165, 1.54) is 5.56 Å². The number of nitrogens with zero attached hydrogens (tertiary/aromatic N) is 1. The molecule has 0 fully saturated rings. The van der Waals surface area contributed by atoms with E-state index in [9.17, 15) is 0 Å². The van der Waals surface area contributed by atoms with Crippen molar-refractivity contribution >= 4 is 43.2 Å². The topological polar surface area (TPSA) is 24.9 Å². The molecule has 1 aromatic heterocycles. The van der Waals surface area contributed by atoms with Crippen molar-refractivity contribution in [2.45, 2.75) is 6.92 Å². The minimum Gasteiger partial charge on any atom is -0.354 e. The van der Waals surface area contributed by atoms with Crippen LogP contribution in [-0.2, 0) is 0 Å². The second-order valence-electron chi connectivity index (χ2n) is 3.44. The number of hydrogen-bond acceptors (Lipinski definition) is 2. The summed E-state index contributed by atoms with van der Waals surface area (Å²) >= 11 is 6.96. The van der Waals surface area contributed by atoms with Crippen LogP contribution >= 0.6 is 31.9 Å². The molecule has 2 rings (SSSR count). The molecule has 4 heteroatoms. The summed E-state index contributed by atoms with van der Waals surface area (Å²) in [5.41, 5.74) is 3.27. The van der Waals surface area contributed by atoms with Gasteiger partial charge in [0.25, 0.3) is 0 Å². The highest BCUT2D eigenvalue weighted by atomic mass is 79.9. The van der Waals surface area contributed by atoms with E-state index in [0.717, 1.165) is 20.3 Å². The molecule has 82 valence electrons. The number of nitrogens with one attached hydrogen (secondary N) is 1. The number of rotatable bonds is 2. The average Bonchev–Trinajstić information content (AvgIpc) is 2.27. The molecule has 0 amide bonds. The summed E-state index contributed by atoms with van der Waals surface area (Å²) in [4.78, 5) is 4.02. The van der Waals surface area contributed by atoms with Crippen LogP contribution in [0.3, 0.4) is 0 Å². The fourth-order valence-electron chi connectivity index (χ4n) is 1.30. The summed E-state index contributed by atoms with van der Waals surface area (Å²) in [6.45, 7) is 2.07. The van der Waals surface area contributed by atoms with Gasteiger partial charge in [0.2, 0.25) is 0 Å². The van der Waals surface area contributed by atoms with Gasteiger partial charge in [0, 0.05) is 22.6 Å². The molecule has 0 atom stereocenters. The Hall–Kier alpha value is -0.870. The van der Waals surface area contributed by atoms with Gasteiger partial charge in [0.15, 0.2) is 0 Å². The van der Waals surface area contributed by atoms with Gasteiger partial charge < -0.3 is 5.32 Å². The number of benzene rings is 1. The number of hydrogen-bond donors (Lipinski definition) is 1. The molecule has 2 nitrogen and oxygen atoms in total. The minimum absolute atomic E-state index is 0.951. The molecule has 16 heavy (non-hydrogen) atoms. The van der Waals surface area contributed by atoms with Crippen LogP contribution in [0.5, 0.6) is 0 Å². The lowest BCUT2D eigenvalue weighted by molar-refractivity contribution is 1.30. The Kier molecular flexibility index (Phi) is 3.61. The Labute approximate surface area is 111 Å². The van der Waals surface area contributed by atoms with Gasteiger partial charge >= 0.3 is 0 Å². The van der Waals surface area contributed by atoms with E-state index in [0.29, 0.717) is 0 Å². The van der Waals surface area contributed by atoms with E-state index in [1.807, 2.05) is 12.1 Å². The Morgan fingerprint density at radius 3 is 2.62 bits per heavy atom. The summed E-state index contributed by atoms with van der Waals surface area (Å²) in [7, 11) is 0. The molecule has 0 saturated heterocycles. The summed E-state index contributed by atoms with van der Waals surface area (Å²) in [5.74, 6) is 0. The molecular formula is C12H10Br2N2. The van der Waals surface area contributed by atoms with Crippen LogP contribution in [-0.4, -0.2) is 4.98 Å². The summed E-state index contributed by atoms with van der Waals surface area (Å²) in [5, 5.41) is 3.32. The Balaban J connectivity index is 2.28. The maximum atomic E-state index is 4.02. The largest absolute Gasteiger partial charge is 0.354 e. The Bertz CT molecular complexity index is 512. The monoisotopic (exact) mass is 340 g/mol. The van der Waals surface area contributed by atoms with Gasteiger partial charge in [-0.25, -0.2) is 0 Å². The molecule has 1 heterocycles. The molecule has 0 aliphatic heterocycles. The lowest BCUT2D eigenvalue weighted by atomic mass is 10.2. The van der Waals surface area contributed by atoms with Gasteiger partial charge in [-0.3, -0.25) is 4.98 Å². The zero-order chi connectivity index (χ0) is 11.5. The maximum Gasteiger partial charge on any atom is 0.0593 e. The van der Waals surface area contributed by atoms with Crippen LogP contribution in [0, 0.1) is 6.92 Å². The molecule has 0 spiro atoms. The van der Waals surface area contributed by atoms with Crippen molar-refractivity contribution in [1.82, 2.24) is 4.98 Å². The fourth-order valence-corrected chi connectivity index (χ4v) is 2.03. The second kappa shape index (κ2) is 4.97. The molecule has 0 radical (unpaired) electrons. The van der Waals surface area contributed by atoms with Crippen molar-refractivity contribution in [3.8, 4) is 0 Å². The predicted molar refractivity (Wildman–Crippen MR) is 74.1 cm³/mol. The van der Waals surface area contributed by atoms with Crippen LogP contribution in [0.25, 0.3) is 0 Å². The highest BCUT2D eigenvalue weighted by Crippen LogP contribution is 2.27. The summed E-state index contributed by atoms with van der Waals surface area (Å²) in [6.07, 6.45) is 3.53. The average molecular weight is 342 g/mol. The van der Waals surface area contributed by atoms with Crippen molar-refractivity contribution in [3.63, 3.8) is 0 Å². The van der Waals surface area contributed by atoms with Gasteiger partial charge in [0.05, 0.1) is 10.2 Å². The Morgan fingerprint density at radius 1 is 1.12 bits per heavy atom. The van der Waals surface area contributed by atoms with Crippen molar-refractivity contribution in [3.05, 3.63) is 51.2 Å². The van der Waals surface area contributed by atoms with Gasteiger partial charge in [-0.2, -0.15) is 0 Å². The first-order valence-corrected chi connectivity index (χ1v) is 6.38. The van der Waals surface area contributed by atoms with Crippen molar-refractivity contribution in [1.29, 1.82) is 0 Å². The Morgan fingerprint density at radius 2 is 1.94 bits per heavy atom. The zero-order valence-electron chi connectivity index (χ0n) is 8.67. The van der Waals surface area contributed by atoms with Gasteiger partial charge in [0.1, 0.15) is 0 Å². The maximum absolute atomic E-state index is 4.02. The normalized spacial score (nSPS) is 10.2. The minimum atomic E-state index is 0.951.